The van der Waals surface area contributed by atoms with Crippen molar-refractivity contribution in [1.29, 1.82) is 0 Å². The first-order valence-corrected chi connectivity index (χ1v) is 20.0. The fourth-order valence-corrected chi connectivity index (χ4v) is 19.1. The molecule has 1 amide bonds. The van der Waals surface area contributed by atoms with Crippen LogP contribution in [0.2, 0.25) is 13.3 Å². The number of unbranched alkanes of at least 4 members (excludes halogenated alkanes) is 3. The van der Waals surface area contributed by atoms with Crippen molar-refractivity contribution in [2.75, 3.05) is 7.11 Å². The van der Waals surface area contributed by atoms with Crippen LogP contribution in [0.25, 0.3) is 0 Å². The average molecular weight is 544 g/mol. The molecule has 0 unspecified atom stereocenters. The number of nitrogens with one attached hydrogen (secondary N) is 1. The summed E-state index contributed by atoms with van der Waals surface area (Å²) in [6, 6.07) is 0. The van der Waals surface area contributed by atoms with Gasteiger partial charge in [-0.15, -0.1) is 0 Å². The van der Waals surface area contributed by atoms with E-state index in [2.05, 4.69) is 36.3 Å². The number of carbonyl (C=O) groups is 2. The molecule has 1 aliphatic rings. The summed E-state index contributed by atoms with van der Waals surface area (Å²) in [6.45, 7) is 12.3. The van der Waals surface area contributed by atoms with Crippen LogP contribution < -0.4 is 5.32 Å². The van der Waals surface area contributed by atoms with E-state index in [0.717, 1.165) is 0 Å². The Bertz CT molecular complexity index is 569. The van der Waals surface area contributed by atoms with Gasteiger partial charge in [0.1, 0.15) is 0 Å². The molecule has 6 heteroatoms. The van der Waals surface area contributed by atoms with Crippen LogP contribution in [0.1, 0.15) is 92.9 Å². The van der Waals surface area contributed by atoms with Gasteiger partial charge in [0.15, 0.2) is 0 Å². The second-order valence-electron chi connectivity index (χ2n) is 10.4. The van der Waals surface area contributed by atoms with Crippen LogP contribution in [-0.2, 0) is 14.3 Å². The van der Waals surface area contributed by atoms with Gasteiger partial charge in [-0.3, -0.25) is 0 Å². The summed E-state index contributed by atoms with van der Waals surface area (Å²) in [7, 11) is 1.38. The van der Waals surface area contributed by atoms with Crippen LogP contribution >= 0.6 is 0 Å². The first kappa shape index (κ1) is 28.3. The minimum absolute atomic E-state index is 0.315. The summed E-state index contributed by atoms with van der Waals surface area (Å²) >= 11 is -2.33. The number of allylic oxidation sites excluding steroid dienone is 1. The van der Waals surface area contributed by atoms with E-state index in [1.807, 2.05) is 20.8 Å². The molecule has 1 rings (SSSR count). The van der Waals surface area contributed by atoms with Crippen LogP contribution in [0.4, 0.5) is 4.79 Å². The van der Waals surface area contributed by atoms with Crippen LogP contribution in [0, 0.1) is 5.92 Å². The molecule has 0 atom stereocenters. The standard InChI is InChI=1S/C13H20NO4.3C4H9.Sn/c1-6-9-7-13(8-9,10(15)17-5)14-11(16)18-12(2,3)4;3*1-3-4-2;/h1,6,9H,7-8H2,2-5H3,(H,14,16);3*1,3-4H2,2H3;. The quantitative estimate of drug-likeness (QED) is 0.205. The number of alkyl carbamates (subject to hydrolysis) is 1. The summed E-state index contributed by atoms with van der Waals surface area (Å²) in [6.07, 6.45) is 10.8. The Morgan fingerprint density at radius 3 is 1.87 bits per heavy atom. The fraction of sp³-hybridized carbons (Fsp3) is 0.840. The zero-order valence-corrected chi connectivity index (χ0v) is 24.0. The van der Waals surface area contributed by atoms with Crippen molar-refractivity contribution in [1.82, 2.24) is 5.32 Å². The van der Waals surface area contributed by atoms with Crippen molar-refractivity contribution in [2.24, 2.45) is 5.92 Å². The zero-order chi connectivity index (χ0) is 23.5. The van der Waals surface area contributed by atoms with Crippen LogP contribution in [0.3, 0.4) is 0 Å². The molecule has 1 N–H and O–H groups in total. The van der Waals surface area contributed by atoms with Gasteiger partial charge in [-0.2, -0.15) is 0 Å². The van der Waals surface area contributed by atoms with E-state index in [1.54, 1.807) is 0 Å². The molecule has 0 aromatic carbocycles. The second-order valence-corrected chi connectivity index (χ2v) is 23.4. The zero-order valence-electron chi connectivity index (χ0n) is 21.1. The minimum atomic E-state index is -2.33. The Balaban J connectivity index is 2.91. The fourth-order valence-electron chi connectivity index (χ4n) is 4.54. The number of methoxy groups -OCH3 is 1. The van der Waals surface area contributed by atoms with Crippen molar-refractivity contribution in [3.8, 4) is 0 Å². The number of rotatable bonds is 13. The molecule has 0 heterocycles. The molecule has 31 heavy (non-hydrogen) atoms. The van der Waals surface area contributed by atoms with Crippen molar-refractivity contribution in [2.45, 2.75) is 117 Å². The molecular formula is C25H47NO4Sn. The Kier molecular flexibility index (Phi) is 12.0. The predicted octanol–water partition coefficient (Wildman–Crippen LogP) is 6.78. The Labute approximate surface area is 195 Å². The first-order chi connectivity index (χ1) is 14.5. The van der Waals surface area contributed by atoms with Gasteiger partial charge in [0.25, 0.3) is 0 Å². The number of esters is 1. The third-order valence-corrected chi connectivity index (χ3v) is 20.5. The van der Waals surface area contributed by atoms with E-state index in [-0.39, 0.29) is 5.97 Å². The number of carbonyl (C=O) groups excluding carboxylic acids is 2. The molecule has 0 aliphatic heterocycles. The van der Waals surface area contributed by atoms with Crippen LogP contribution in [-0.4, -0.2) is 48.7 Å². The SMILES string of the molecule is CCC[CH2][Sn]([CH]=CC1CC(NC(=O)OC(C)(C)C)(C(=O)OC)C1)([CH2]CCC)[CH2]CCC. The van der Waals surface area contributed by atoms with Crippen LogP contribution in [0.15, 0.2) is 10.2 Å². The Hall–Kier alpha value is -0.721. The topological polar surface area (TPSA) is 64.6 Å². The van der Waals surface area contributed by atoms with E-state index >= 15 is 0 Å². The van der Waals surface area contributed by atoms with Gasteiger partial charge < -0.3 is 0 Å². The normalized spacial score (nSPS) is 21.6. The average Bonchev–Trinajstić information content (AvgIpc) is 2.68. The molecule has 1 aliphatic carbocycles. The molecule has 0 spiro atoms. The molecule has 1 saturated carbocycles. The molecule has 0 bridgehead atoms. The molecule has 0 aromatic heterocycles. The maximum absolute atomic E-state index is 12.5. The molecule has 0 saturated heterocycles. The molecule has 0 radical (unpaired) electrons. The van der Waals surface area contributed by atoms with E-state index in [0.29, 0.717) is 18.8 Å². The summed E-state index contributed by atoms with van der Waals surface area (Å²) in [5, 5.41) is 2.81. The van der Waals surface area contributed by atoms with Gasteiger partial charge in [-0.1, -0.05) is 0 Å². The molecule has 180 valence electrons. The Morgan fingerprint density at radius 1 is 1.00 bits per heavy atom. The molecule has 5 nitrogen and oxygen atoms in total. The summed E-state index contributed by atoms with van der Waals surface area (Å²) in [5.74, 6) is -0.0595. The van der Waals surface area contributed by atoms with Gasteiger partial charge in [0, 0.05) is 0 Å². The van der Waals surface area contributed by atoms with Crippen LogP contribution in [0.5, 0.6) is 0 Å². The van der Waals surface area contributed by atoms with Gasteiger partial charge in [0.05, 0.1) is 0 Å². The maximum atomic E-state index is 12.5. The van der Waals surface area contributed by atoms with Crippen molar-refractivity contribution in [3.63, 3.8) is 0 Å². The third kappa shape index (κ3) is 9.35. The number of amides is 1. The number of ether oxygens (including phenoxy) is 2. The van der Waals surface area contributed by atoms with Crippen molar-refractivity contribution < 1.29 is 19.1 Å². The van der Waals surface area contributed by atoms with E-state index in [4.69, 9.17) is 9.47 Å². The van der Waals surface area contributed by atoms with Gasteiger partial charge >= 0.3 is 195 Å². The summed E-state index contributed by atoms with van der Waals surface area (Å²) < 4.78 is 17.4. The number of hydrogen-bond donors (Lipinski definition) is 1. The molecule has 1 fully saturated rings. The first-order valence-electron chi connectivity index (χ1n) is 12.3. The van der Waals surface area contributed by atoms with Gasteiger partial charge in [-0.05, 0) is 0 Å². The van der Waals surface area contributed by atoms with Gasteiger partial charge in [0.2, 0.25) is 0 Å². The van der Waals surface area contributed by atoms with E-state index < -0.39 is 35.6 Å². The summed E-state index contributed by atoms with van der Waals surface area (Å²) in [4.78, 5) is 24.8. The van der Waals surface area contributed by atoms with Gasteiger partial charge in [-0.25, -0.2) is 0 Å². The number of hydrogen-bond acceptors (Lipinski definition) is 4. The monoisotopic (exact) mass is 545 g/mol. The molecular weight excluding hydrogens is 497 g/mol. The van der Waals surface area contributed by atoms with E-state index in [9.17, 15) is 9.59 Å². The van der Waals surface area contributed by atoms with E-state index in [1.165, 1.54) is 58.9 Å². The third-order valence-electron chi connectivity index (χ3n) is 6.34. The Morgan fingerprint density at radius 2 is 1.48 bits per heavy atom. The molecule has 0 aromatic rings. The second kappa shape index (κ2) is 13.1. The summed E-state index contributed by atoms with van der Waals surface area (Å²) in [5.41, 5.74) is -1.56. The predicted molar refractivity (Wildman–Crippen MR) is 131 cm³/mol. The van der Waals surface area contributed by atoms with Crippen molar-refractivity contribution >= 4 is 30.4 Å². The van der Waals surface area contributed by atoms with Crippen molar-refractivity contribution in [3.05, 3.63) is 10.2 Å².